The van der Waals surface area contributed by atoms with Gasteiger partial charge in [0.25, 0.3) is 0 Å². The largest absolute Gasteiger partial charge is 0.396 e. The molecule has 1 rings (SSSR count). The van der Waals surface area contributed by atoms with Crippen molar-refractivity contribution in [2.75, 3.05) is 18.5 Å². The van der Waals surface area contributed by atoms with Gasteiger partial charge in [-0.1, -0.05) is 25.1 Å². The molecule has 1 amide bonds. The van der Waals surface area contributed by atoms with E-state index in [0.29, 0.717) is 6.42 Å². The Hall–Kier alpha value is -1.39. The molecule has 0 aliphatic heterocycles. The highest BCUT2D eigenvalue weighted by molar-refractivity contribution is 5.90. The van der Waals surface area contributed by atoms with E-state index in [1.807, 2.05) is 44.2 Å². The van der Waals surface area contributed by atoms with Gasteiger partial charge in [0, 0.05) is 31.3 Å². The number of hydrogen-bond donors (Lipinski definition) is 3. The van der Waals surface area contributed by atoms with Crippen LogP contribution in [0.4, 0.5) is 5.69 Å². The molecule has 3 N–H and O–H groups in total. The smallest absolute Gasteiger partial charge is 0.225 e. The number of benzene rings is 1. The Morgan fingerprint density at radius 2 is 1.94 bits per heavy atom. The number of carbonyl (C=O) groups is 1. The Kier molecular flexibility index (Phi) is 6.39. The third-order valence-corrected chi connectivity index (χ3v) is 2.68. The van der Waals surface area contributed by atoms with E-state index in [1.54, 1.807) is 0 Å². The van der Waals surface area contributed by atoms with E-state index in [4.69, 9.17) is 5.11 Å². The number of nitrogens with one attached hydrogen (secondary N) is 2. The summed E-state index contributed by atoms with van der Waals surface area (Å²) in [5.41, 5.74) is 0.818. The summed E-state index contributed by atoms with van der Waals surface area (Å²) >= 11 is 0. The van der Waals surface area contributed by atoms with E-state index >= 15 is 0 Å². The average Bonchev–Trinajstić information content (AvgIpc) is 2.37. The van der Waals surface area contributed by atoms with Crippen molar-refractivity contribution in [3.63, 3.8) is 0 Å². The van der Waals surface area contributed by atoms with Crippen molar-refractivity contribution in [2.24, 2.45) is 5.92 Å². The summed E-state index contributed by atoms with van der Waals surface area (Å²) in [7, 11) is 0. The fourth-order valence-corrected chi connectivity index (χ4v) is 1.55. The highest BCUT2D eigenvalue weighted by Crippen LogP contribution is 2.06. The maximum atomic E-state index is 11.7. The van der Waals surface area contributed by atoms with E-state index in [9.17, 15) is 4.79 Å². The van der Waals surface area contributed by atoms with Crippen molar-refractivity contribution in [2.45, 2.75) is 26.3 Å². The molecule has 0 saturated carbocycles. The zero-order valence-electron chi connectivity index (χ0n) is 11.0. The topological polar surface area (TPSA) is 61.4 Å². The molecule has 18 heavy (non-hydrogen) atoms. The minimum atomic E-state index is -0.00199. The Bertz CT molecular complexity index is 354. The molecule has 1 aromatic rings. The number of aliphatic hydroxyl groups excluding tert-OH is 1. The van der Waals surface area contributed by atoms with Crippen LogP contribution in [0.2, 0.25) is 0 Å². The van der Waals surface area contributed by atoms with Crippen LogP contribution in [-0.2, 0) is 4.79 Å². The molecule has 0 saturated heterocycles. The molecule has 1 aromatic carbocycles. The van der Waals surface area contributed by atoms with Crippen molar-refractivity contribution in [3.8, 4) is 0 Å². The predicted octanol–water partition coefficient (Wildman–Crippen LogP) is 1.62. The number of anilines is 1. The molecular formula is C14H22N2O2. The first kappa shape index (κ1) is 14.7. The summed E-state index contributed by atoms with van der Waals surface area (Å²) in [6.07, 6.45) is 0.424. The maximum absolute atomic E-state index is 11.7. The molecule has 4 nitrogen and oxygen atoms in total. The predicted molar refractivity (Wildman–Crippen MR) is 73.4 cm³/mol. The molecule has 2 unspecified atom stereocenters. The molecule has 0 radical (unpaired) electrons. The summed E-state index contributed by atoms with van der Waals surface area (Å²) in [6, 6.07) is 9.52. The molecule has 0 heterocycles. The molecular weight excluding hydrogens is 228 g/mol. The second-order valence-corrected chi connectivity index (χ2v) is 4.72. The zero-order valence-corrected chi connectivity index (χ0v) is 11.0. The van der Waals surface area contributed by atoms with Crippen LogP contribution in [0.15, 0.2) is 30.3 Å². The molecule has 0 bridgehead atoms. The van der Waals surface area contributed by atoms with Crippen LogP contribution < -0.4 is 10.6 Å². The van der Waals surface area contributed by atoms with Crippen molar-refractivity contribution in [1.29, 1.82) is 0 Å². The molecule has 0 aliphatic rings. The van der Waals surface area contributed by atoms with Gasteiger partial charge in [-0.05, 0) is 25.0 Å². The summed E-state index contributed by atoms with van der Waals surface area (Å²) in [6.45, 7) is 4.81. The lowest BCUT2D eigenvalue weighted by atomic mass is 10.1. The highest BCUT2D eigenvalue weighted by Gasteiger charge is 2.10. The fraction of sp³-hybridized carbons (Fsp3) is 0.500. The van der Waals surface area contributed by atoms with Crippen LogP contribution in [0.5, 0.6) is 0 Å². The highest BCUT2D eigenvalue weighted by atomic mass is 16.3. The summed E-state index contributed by atoms with van der Waals surface area (Å²) < 4.78 is 0. The number of aliphatic hydroxyl groups is 1. The van der Waals surface area contributed by atoms with Crippen LogP contribution >= 0.6 is 0 Å². The van der Waals surface area contributed by atoms with E-state index in [0.717, 1.165) is 12.2 Å². The van der Waals surface area contributed by atoms with Crippen LogP contribution in [0.25, 0.3) is 0 Å². The van der Waals surface area contributed by atoms with E-state index < -0.39 is 0 Å². The number of para-hydroxylation sites is 1. The monoisotopic (exact) mass is 250 g/mol. The van der Waals surface area contributed by atoms with Gasteiger partial charge in [0.05, 0.1) is 0 Å². The molecule has 0 aromatic heterocycles. The Morgan fingerprint density at radius 3 is 2.56 bits per heavy atom. The van der Waals surface area contributed by atoms with Gasteiger partial charge in [0.15, 0.2) is 0 Å². The first-order valence-electron chi connectivity index (χ1n) is 6.31. The quantitative estimate of drug-likeness (QED) is 0.689. The van der Waals surface area contributed by atoms with Gasteiger partial charge in [0.1, 0.15) is 0 Å². The minimum absolute atomic E-state index is 0.00199. The number of amides is 1. The van der Waals surface area contributed by atoms with Crippen molar-refractivity contribution >= 4 is 11.6 Å². The van der Waals surface area contributed by atoms with Gasteiger partial charge in [-0.15, -0.1) is 0 Å². The zero-order chi connectivity index (χ0) is 13.4. The van der Waals surface area contributed by atoms with Crippen molar-refractivity contribution in [1.82, 2.24) is 5.32 Å². The average molecular weight is 250 g/mol. The normalized spacial score (nSPS) is 13.9. The van der Waals surface area contributed by atoms with Gasteiger partial charge in [-0.3, -0.25) is 4.79 Å². The van der Waals surface area contributed by atoms with Crippen LogP contribution in [0.1, 0.15) is 20.3 Å². The Morgan fingerprint density at radius 1 is 1.28 bits per heavy atom. The minimum Gasteiger partial charge on any atom is -0.396 e. The summed E-state index contributed by atoms with van der Waals surface area (Å²) in [5.74, 6) is 0.211. The third kappa shape index (κ3) is 5.80. The van der Waals surface area contributed by atoms with E-state index in [2.05, 4.69) is 10.6 Å². The number of carbonyl (C=O) groups excluding carboxylic acids is 1. The molecule has 0 spiro atoms. The van der Waals surface area contributed by atoms with Gasteiger partial charge in [-0.25, -0.2) is 0 Å². The fourth-order valence-electron chi connectivity index (χ4n) is 1.55. The standard InChI is InChI=1S/C14H22N2O2/c1-11(10-17)9-15-12(2)8-14(18)16-13-6-4-3-5-7-13/h3-7,11-12,15,17H,8-10H2,1-2H3,(H,16,18). The second kappa shape index (κ2) is 7.84. The number of rotatable bonds is 7. The lowest BCUT2D eigenvalue weighted by Crippen LogP contribution is -2.34. The lowest BCUT2D eigenvalue weighted by molar-refractivity contribution is -0.116. The SMILES string of the molecule is CC(CO)CNC(C)CC(=O)Nc1ccccc1. The molecule has 0 aliphatic carbocycles. The van der Waals surface area contributed by atoms with Crippen molar-refractivity contribution < 1.29 is 9.90 Å². The van der Waals surface area contributed by atoms with Gasteiger partial charge >= 0.3 is 0 Å². The molecule has 2 atom stereocenters. The van der Waals surface area contributed by atoms with Crippen molar-refractivity contribution in [3.05, 3.63) is 30.3 Å². The van der Waals surface area contributed by atoms with Crippen LogP contribution in [0, 0.1) is 5.92 Å². The third-order valence-electron chi connectivity index (χ3n) is 2.68. The number of hydrogen-bond acceptors (Lipinski definition) is 3. The van der Waals surface area contributed by atoms with Crippen LogP contribution in [-0.4, -0.2) is 30.2 Å². The Labute approximate surface area is 108 Å². The molecule has 4 heteroatoms. The van der Waals surface area contributed by atoms with Crippen LogP contribution in [0.3, 0.4) is 0 Å². The second-order valence-electron chi connectivity index (χ2n) is 4.72. The van der Waals surface area contributed by atoms with E-state index in [1.165, 1.54) is 0 Å². The summed E-state index contributed by atoms with van der Waals surface area (Å²) in [5, 5.41) is 15.0. The molecule has 100 valence electrons. The first-order valence-corrected chi connectivity index (χ1v) is 6.31. The van der Waals surface area contributed by atoms with Gasteiger partial charge < -0.3 is 15.7 Å². The summed E-state index contributed by atoms with van der Waals surface area (Å²) in [4.78, 5) is 11.7. The Balaban J connectivity index is 2.27. The van der Waals surface area contributed by atoms with Gasteiger partial charge in [-0.2, -0.15) is 0 Å². The van der Waals surface area contributed by atoms with Gasteiger partial charge in [0.2, 0.25) is 5.91 Å². The molecule has 0 fully saturated rings. The maximum Gasteiger partial charge on any atom is 0.225 e. The lowest BCUT2D eigenvalue weighted by Gasteiger charge is -2.16. The first-order chi connectivity index (χ1) is 8.61. The van der Waals surface area contributed by atoms with E-state index in [-0.39, 0.29) is 24.5 Å².